The van der Waals surface area contributed by atoms with Gasteiger partial charge in [0.15, 0.2) is 0 Å². The van der Waals surface area contributed by atoms with Gasteiger partial charge in [-0.1, -0.05) is 18.5 Å². The highest BCUT2D eigenvalue weighted by Gasteiger charge is 2.17. The first-order valence-corrected chi connectivity index (χ1v) is 4.24. The summed E-state index contributed by atoms with van der Waals surface area (Å²) in [7, 11) is 1.64. The molecule has 1 rings (SSSR count). The fourth-order valence-electron chi connectivity index (χ4n) is 0.993. The predicted octanol–water partition coefficient (Wildman–Crippen LogP) is 2.01. The van der Waals surface area contributed by atoms with Crippen molar-refractivity contribution in [2.45, 2.75) is 13.3 Å². The Morgan fingerprint density at radius 2 is 2.25 bits per heavy atom. The molecule has 0 saturated carbocycles. The van der Waals surface area contributed by atoms with Gasteiger partial charge in [-0.25, -0.2) is 0 Å². The van der Waals surface area contributed by atoms with Crippen LogP contribution in [0, 0.1) is 0 Å². The number of rotatable bonds is 2. The Morgan fingerprint density at radius 1 is 1.67 bits per heavy atom. The normalized spacial score (nSPS) is 10.3. The molecule has 12 heavy (non-hydrogen) atoms. The molecule has 0 aliphatic heterocycles. The van der Waals surface area contributed by atoms with Crippen LogP contribution in [0.5, 0.6) is 0 Å². The van der Waals surface area contributed by atoms with Crippen molar-refractivity contribution in [2.75, 3.05) is 0 Å². The Morgan fingerprint density at radius 3 is 2.50 bits per heavy atom. The Bertz CT molecular complexity index is 319. The number of carbonyl (C=O) groups is 1. The van der Waals surface area contributed by atoms with Crippen LogP contribution >= 0.6 is 23.2 Å². The van der Waals surface area contributed by atoms with Crippen LogP contribution < -0.4 is 0 Å². The van der Waals surface area contributed by atoms with Crippen LogP contribution in [0.2, 0.25) is 5.02 Å². The van der Waals surface area contributed by atoms with Crippen molar-refractivity contribution in [3.8, 4) is 0 Å². The molecular formula is C7H8Cl2N2O. The van der Waals surface area contributed by atoms with Crippen LogP contribution in [-0.2, 0) is 13.5 Å². The Kier molecular flexibility index (Phi) is 2.75. The van der Waals surface area contributed by atoms with Crippen molar-refractivity contribution in [2.24, 2.45) is 7.05 Å². The van der Waals surface area contributed by atoms with Gasteiger partial charge in [-0.15, -0.1) is 0 Å². The van der Waals surface area contributed by atoms with E-state index in [2.05, 4.69) is 5.10 Å². The van der Waals surface area contributed by atoms with Gasteiger partial charge in [0.25, 0.3) is 5.24 Å². The van der Waals surface area contributed by atoms with Crippen LogP contribution in [0.3, 0.4) is 0 Å². The number of aryl methyl sites for hydroxylation is 2. The molecule has 0 amide bonds. The maximum absolute atomic E-state index is 10.8. The van der Waals surface area contributed by atoms with Crippen molar-refractivity contribution < 1.29 is 4.79 Å². The van der Waals surface area contributed by atoms with E-state index < -0.39 is 5.24 Å². The lowest BCUT2D eigenvalue weighted by Crippen LogP contribution is -2.01. The van der Waals surface area contributed by atoms with Crippen LogP contribution in [0.15, 0.2) is 0 Å². The first-order chi connectivity index (χ1) is 5.57. The molecule has 0 unspecified atom stereocenters. The molecule has 66 valence electrons. The summed E-state index contributed by atoms with van der Waals surface area (Å²) in [6, 6.07) is 0. The first-order valence-electron chi connectivity index (χ1n) is 3.49. The molecular weight excluding hydrogens is 199 g/mol. The van der Waals surface area contributed by atoms with E-state index in [-0.39, 0.29) is 5.69 Å². The fraction of sp³-hybridized carbons (Fsp3) is 0.429. The molecule has 0 saturated heterocycles. The Balaban J connectivity index is 3.28. The van der Waals surface area contributed by atoms with Crippen LogP contribution in [-0.4, -0.2) is 15.0 Å². The minimum atomic E-state index is -0.574. The molecule has 0 N–H and O–H groups in total. The molecule has 5 heteroatoms. The van der Waals surface area contributed by atoms with Gasteiger partial charge in [0.05, 0.1) is 10.7 Å². The quantitative estimate of drug-likeness (QED) is 0.695. The van der Waals surface area contributed by atoms with Gasteiger partial charge in [-0.3, -0.25) is 9.48 Å². The van der Waals surface area contributed by atoms with Crippen LogP contribution in [0.4, 0.5) is 0 Å². The second kappa shape index (κ2) is 3.46. The summed E-state index contributed by atoms with van der Waals surface area (Å²) in [5.41, 5.74) is 0.957. The minimum Gasteiger partial charge on any atom is -0.274 e. The van der Waals surface area contributed by atoms with E-state index in [1.165, 1.54) is 4.68 Å². The molecule has 0 atom stereocenters. The minimum absolute atomic E-state index is 0.259. The lowest BCUT2D eigenvalue weighted by atomic mass is 10.3. The van der Waals surface area contributed by atoms with E-state index in [1.54, 1.807) is 7.05 Å². The molecule has 0 fully saturated rings. The summed E-state index contributed by atoms with van der Waals surface area (Å²) >= 11 is 11.1. The second-order valence-corrected chi connectivity index (χ2v) is 3.08. The molecule has 0 radical (unpaired) electrons. The predicted molar refractivity (Wildman–Crippen MR) is 47.8 cm³/mol. The molecule has 0 spiro atoms. The van der Waals surface area contributed by atoms with Gasteiger partial charge < -0.3 is 0 Å². The highest BCUT2D eigenvalue weighted by atomic mass is 35.5. The average molecular weight is 207 g/mol. The van der Waals surface area contributed by atoms with E-state index in [9.17, 15) is 4.79 Å². The van der Waals surface area contributed by atoms with Crippen molar-refractivity contribution in [3.63, 3.8) is 0 Å². The molecule has 0 bridgehead atoms. The molecule has 0 aliphatic rings. The average Bonchev–Trinajstić information content (AvgIpc) is 2.25. The summed E-state index contributed by atoms with van der Waals surface area (Å²) in [5.74, 6) is 0. The molecule has 1 aromatic heterocycles. The summed E-state index contributed by atoms with van der Waals surface area (Å²) in [6.07, 6.45) is 0.691. The van der Waals surface area contributed by atoms with Crippen LogP contribution in [0.25, 0.3) is 0 Å². The third-order valence-electron chi connectivity index (χ3n) is 1.58. The van der Waals surface area contributed by atoms with E-state index in [1.807, 2.05) is 6.92 Å². The van der Waals surface area contributed by atoms with Crippen molar-refractivity contribution in [1.82, 2.24) is 9.78 Å². The van der Waals surface area contributed by atoms with Crippen molar-refractivity contribution in [1.29, 1.82) is 0 Å². The van der Waals surface area contributed by atoms with Gasteiger partial charge in [0.2, 0.25) is 0 Å². The number of halogens is 2. The highest BCUT2D eigenvalue weighted by Crippen LogP contribution is 2.21. The first kappa shape index (κ1) is 9.55. The SMILES string of the molecule is CCc1nn(C)c(C(=O)Cl)c1Cl. The molecule has 0 aromatic carbocycles. The van der Waals surface area contributed by atoms with Crippen molar-refractivity contribution in [3.05, 3.63) is 16.4 Å². The highest BCUT2D eigenvalue weighted by molar-refractivity contribution is 6.68. The lowest BCUT2D eigenvalue weighted by molar-refractivity contribution is 0.107. The van der Waals surface area contributed by atoms with Gasteiger partial charge in [-0.05, 0) is 18.0 Å². The zero-order valence-electron chi connectivity index (χ0n) is 6.77. The molecule has 1 heterocycles. The smallest absolute Gasteiger partial charge is 0.272 e. The molecule has 1 aromatic rings. The number of hydrogen-bond acceptors (Lipinski definition) is 2. The fourth-order valence-corrected chi connectivity index (χ4v) is 1.64. The van der Waals surface area contributed by atoms with E-state index in [4.69, 9.17) is 23.2 Å². The third-order valence-corrected chi connectivity index (χ3v) is 2.15. The standard InChI is InChI=1S/C7H8Cl2N2O/c1-3-4-5(8)6(7(9)12)11(2)10-4/h3H2,1-2H3. The van der Waals surface area contributed by atoms with Gasteiger partial charge in [0.1, 0.15) is 5.69 Å². The maximum atomic E-state index is 10.8. The molecule has 0 aliphatic carbocycles. The lowest BCUT2D eigenvalue weighted by Gasteiger charge is -1.92. The number of hydrogen-bond donors (Lipinski definition) is 0. The monoisotopic (exact) mass is 206 g/mol. The zero-order valence-corrected chi connectivity index (χ0v) is 8.28. The van der Waals surface area contributed by atoms with E-state index in [0.717, 1.165) is 0 Å². The largest absolute Gasteiger partial charge is 0.274 e. The summed E-state index contributed by atoms with van der Waals surface area (Å²) in [5, 5.41) is 3.82. The van der Waals surface area contributed by atoms with E-state index in [0.29, 0.717) is 17.1 Å². The number of nitrogens with zero attached hydrogens (tertiary/aromatic N) is 2. The maximum Gasteiger partial charge on any atom is 0.272 e. The van der Waals surface area contributed by atoms with Gasteiger partial charge in [0, 0.05) is 7.05 Å². The van der Waals surface area contributed by atoms with Crippen molar-refractivity contribution >= 4 is 28.4 Å². The Hall–Kier alpha value is -0.540. The van der Waals surface area contributed by atoms with Gasteiger partial charge in [-0.2, -0.15) is 5.10 Å². The summed E-state index contributed by atoms with van der Waals surface area (Å²) in [4.78, 5) is 10.8. The summed E-state index contributed by atoms with van der Waals surface area (Å²) < 4.78 is 1.40. The topological polar surface area (TPSA) is 34.9 Å². The summed E-state index contributed by atoms with van der Waals surface area (Å²) in [6.45, 7) is 1.91. The van der Waals surface area contributed by atoms with E-state index >= 15 is 0 Å². The van der Waals surface area contributed by atoms with Gasteiger partial charge >= 0.3 is 0 Å². The number of aromatic nitrogens is 2. The van der Waals surface area contributed by atoms with Crippen LogP contribution in [0.1, 0.15) is 23.1 Å². The zero-order chi connectivity index (χ0) is 9.30. The second-order valence-electron chi connectivity index (χ2n) is 2.36. The Labute approximate surface area is 80.3 Å². The third kappa shape index (κ3) is 1.47. The number of carbonyl (C=O) groups excluding carboxylic acids is 1. The molecule has 3 nitrogen and oxygen atoms in total.